The van der Waals surface area contributed by atoms with E-state index in [9.17, 15) is 4.79 Å². The van der Waals surface area contributed by atoms with E-state index in [2.05, 4.69) is 30.4 Å². The maximum absolute atomic E-state index is 12.3. The largest absolute Gasteiger partial charge is 0.311 e. The van der Waals surface area contributed by atoms with E-state index in [0.717, 1.165) is 25.2 Å². The van der Waals surface area contributed by atoms with Crippen molar-refractivity contribution in [3.8, 4) is 0 Å². The molecule has 0 atom stereocenters. The first-order valence-corrected chi connectivity index (χ1v) is 7.39. The fourth-order valence-corrected chi connectivity index (χ4v) is 2.81. The van der Waals surface area contributed by atoms with E-state index in [1.807, 2.05) is 35.2 Å². The van der Waals surface area contributed by atoms with Crippen molar-refractivity contribution in [2.75, 3.05) is 18.0 Å². The lowest BCUT2D eigenvalue weighted by Crippen LogP contribution is -2.37. The highest BCUT2D eigenvalue weighted by atomic mass is 16.2. The van der Waals surface area contributed by atoms with Gasteiger partial charge in [-0.15, -0.1) is 0 Å². The highest BCUT2D eigenvalue weighted by Gasteiger charge is 2.23. The van der Waals surface area contributed by atoms with Gasteiger partial charge in [0.05, 0.1) is 6.54 Å². The number of amides is 1. The van der Waals surface area contributed by atoms with E-state index >= 15 is 0 Å². The average Bonchev–Trinajstić information content (AvgIpc) is 2.93. The van der Waals surface area contributed by atoms with Crippen molar-refractivity contribution in [3.63, 3.8) is 0 Å². The molecule has 1 amide bonds. The molecular formula is C18H20N2O. The maximum Gasteiger partial charge on any atom is 0.240 e. The van der Waals surface area contributed by atoms with Gasteiger partial charge in [-0.3, -0.25) is 4.79 Å². The SMILES string of the molecule is Cc1ccccc1CNCC(=O)N1CCc2ccccc21. The number of aryl methyl sites for hydroxylation is 1. The number of nitrogens with one attached hydrogen (secondary N) is 1. The summed E-state index contributed by atoms with van der Waals surface area (Å²) in [6.07, 6.45) is 0.958. The Balaban J connectivity index is 1.57. The van der Waals surface area contributed by atoms with Gasteiger partial charge in [0, 0.05) is 18.8 Å². The Hall–Kier alpha value is -2.13. The number of fused-ring (bicyclic) bond motifs is 1. The fourth-order valence-electron chi connectivity index (χ4n) is 2.81. The number of hydrogen-bond donors (Lipinski definition) is 1. The zero-order valence-corrected chi connectivity index (χ0v) is 12.3. The molecule has 2 aromatic rings. The molecule has 1 aliphatic heterocycles. The van der Waals surface area contributed by atoms with E-state index in [-0.39, 0.29) is 5.91 Å². The van der Waals surface area contributed by atoms with Crippen LogP contribution in [-0.2, 0) is 17.8 Å². The van der Waals surface area contributed by atoms with Crippen LogP contribution in [0.2, 0.25) is 0 Å². The van der Waals surface area contributed by atoms with Crippen LogP contribution in [0.15, 0.2) is 48.5 Å². The number of benzene rings is 2. The first-order chi connectivity index (χ1) is 10.3. The number of carbonyl (C=O) groups excluding carboxylic acids is 1. The topological polar surface area (TPSA) is 32.3 Å². The molecule has 0 bridgehead atoms. The molecule has 3 nitrogen and oxygen atoms in total. The van der Waals surface area contributed by atoms with Crippen molar-refractivity contribution >= 4 is 11.6 Å². The normalized spacial score (nSPS) is 13.3. The minimum atomic E-state index is 0.147. The Morgan fingerprint density at radius 1 is 1.14 bits per heavy atom. The Bertz CT molecular complexity index is 651. The second-order valence-electron chi connectivity index (χ2n) is 5.45. The molecule has 21 heavy (non-hydrogen) atoms. The number of rotatable bonds is 4. The van der Waals surface area contributed by atoms with Gasteiger partial charge >= 0.3 is 0 Å². The summed E-state index contributed by atoms with van der Waals surface area (Å²) in [5.41, 5.74) is 4.83. The summed E-state index contributed by atoms with van der Waals surface area (Å²) in [5.74, 6) is 0.147. The molecule has 0 unspecified atom stereocenters. The van der Waals surface area contributed by atoms with E-state index in [1.54, 1.807) is 0 Å². The summed E-state index contributed by atoms with van der Waals surface area (Å²) >= 11 is 0. The predicted molar refractivity (Wildman–Crippen MR) is 85.4 cm³/mol. The third-order valence-electron chi connectivity index (χ3n) is 4.04. The van der Waals surface area contributed by atoms with Crippen molar-refractivity contribution in [1.82, 2.24) is 5.32 Å². The molecular weight excluding hydrogens is 260 g/mol. The van der Waals surface area contributed by atoms with Crippen molar-refractivity contribution in [2.24, 2.45) is 0 Å². The van der Waals surface area contributed by atoms with Gasteiger partial charge in [-0.25, -0.2) is 0 Å². The number of carbonyl (C=O) groups is 1. The van der Waals surface area contributed by atoms with Crippen LogP contribution in [-0.4, -0.2) is 19.0 Å². The van der Waals surface area contributed by atoms with Crippen molar-refractivity contribution in [1.29, 1.82) is 0 Å². The highest BCUT2D eigenvalue weighted by Crippen LogP contribution is 2.27. The summed E-state index contributed by atoms with van der Waals surface area (Å²) in [7, 11) is 0. The Morgan fingerprint density at radius 3 is 2.76 bits per heavy atom. The molecule has 108 valence electrons. The molecule has 0 spiro atoms. The predicted octanol–water partition coefficient (Wildman–Crippen LogP) is 2.67. The van der Waals surface area contributed by atoms with Crippen molar-refractivity contribution < 1.29 is 4.79 Å². The summed E-state index contributed by atoms with van der Waals surface area (Å²) < 4.78 is 0. The molecule has 1 heterocycles. The van der Waals surface area contributed by atoms with Gasteiger partial charge in [0.2, 0.25) is 5.91 Å². The van der Waals surface area contributed by atoms with Crippen molar-refractivity contribution in [3.05, 3.63) is 65.2 Å². The van der Waals surface area contributed by atoms with Crippen LogP contribution in [0.3, 0.4) is 0 Å². The van der Waals surface area contributed by atoms with Gasteiger partial charge in [-0.1, -0.05) is 42.5 Å². The Kier molecular flexibility index (Phi) is 4.02. The third-order valence-corrected chi connectivity index (χ3v) is 4.04. The van der Waals surface area contributed by atoms with Gasteiger partial charge < -0.3 is 10.2 Å². The minimum absolute atomic E-state index is 0.147. The fraction of sp³-hybridized carbons (Fsp3) is 0.278. The first-order valence-electron chi connectivity index (χ1n) is 7.39. The summed E-state index contributed by atoms with van der Waals surface area (Å²) in [4.78, 5) is 14.2. The molecule has 3 heteroatoms. The quantitative estimate of drug-likeness (QED) is 0.934. The zero-order valence-electron chi connectivity index (χ0n) is 12.3. The van der Waals surface area contributed by atoms with Crippen LogP contribution in [0.5, 0.6) is 0 Å². The van der Waals surface area contributed by atoms with E-state index in [1.165, 1.54) is 16.7 Å². The monoisotopic (exact) mass is 280 g/mol. The summed E-state index contributed by atoms with van der Waals surface area (Å²) in [6.45, 7) is 4.00. The van der Waals surface area contributed by atoms with Gasteiger partial charge in [0.15, 0.2) is 0 Å². The van der Waals surface area contributed by atoms with Crippen LogP contribution in [0, 0.1) is 6.92 Å². The molecule has 0 saturated heterocycles. The van der Waals surface area contributed by atoms with Gasteiger partial charge in [-0.2, -0.15) is 0 Å². The van der Waals surface area contributed by atoms with Crippen LogP contribution in [0.25, 0.3) is 0 Å². The average molecular weight is 280 g/mol. The molecule has 1 N–H and O–H groups in total. The number of para-hydroxylation sites is 1. The van der Waals surface area contributed by atoms with Gasteiger partial charge in [-0.05, 0) is 36.1 Å². The molecule has 0 radical (unpaired) electrons. The molecule has 0 saturated carbocycles. The van der Waals surface area contributed by atoms with E-state index in [0.29, 0.717) is 6.54 Å². The molecule has 3 rings (SSSR count). The summed E-state index contributed by atoms with van der Waals surface area (Å²) in [5, 5.41) is 3.26. The lowest BCUT2D eigenvalue weighted by atomic mass is 10.1. The smallest absolute Gasteiger partial charge is 0.240 e. The molecule has 0 aromatic heterocycles. The van der Waals surface area contributed by atoms with Crippen LogP contribution in [0.4, 0.5) is 5.69 Å². The van der Waals surface area contributed by atoms with Crippen LogP contribution in [0.1, 0.15) is 16.7 Å². The standard InChI is InChI=1S/C18H20N2O/c1-14-6-2-3-8-16(14)12-19-13-18(21)20-11-10-15-7-4-5-9-17(15)20/h2-9,19H,10-13H2,1H3. The van der Waals surface area contributed by atoms with Crippen LogP contribution < -0.4 is 10.2 Å². The lowest BCUT2D eigenvalue weighted by Gasteiger charge is -2.17. The molecule has 0 aliphatic carbocycles. The molecule has 0 fully saturated rings. The van der Waals surface area contributed by atoms with Gasteiger partial charge in [0.25, 0.3) is 0 Å². The number of anilines is 1. The van der Waals surface area contributed by atoms with E-state index < -0.39 is 0 Å². The third kappa shape index (κ3) is 2.98. The minimum Gasteiger partial charge on any atom is -0.311 e. The van der Waals surface area contributed by atoms with E-state index in [4.69, 9.17) is 0 Å². The summed E-state index contributed by atoms with van der Waals surface area (Å²) in [6, 6.07) is 16.4. The first kappa shape index (κ1) is 13.8. The lowest BCUT2D eigenvalue weighted by molar-refractivity contribution is -0.117. The van der Waals surface area contributed by atoms with Crippen molar-refractivity contribution in [2.45, 2.75) is 19.9 Å². The van der Waals surface area contributed by atoms with Crippen LogP contribution >= 0.6 is 0 Å². The Morgan fingerprint density at radius 2 is 1.90 bits per heavy atom. The number of hydrogen-bond acceptors (Lipinski definition) is 2. The van der Waals surface area contributed by atoms with Gasteiger partial charge in [0.1, 0.15) is 0 Å². The molecule has 1 aliphatic rings. The molecule has 2 aromatic carbocycles. The maximum atomic E-state index is 12.3. The second kappa shape index (κ2) is 6.10. The number of nitrogens with zero attached hydrogens (tertiary/aromatic N) is 1. The highest BCUT2D eigenvalue weighted by molar-refractivity contribution is 5.96. The second-order valence-corrected chi connectivity index (χ2v) is 5.45. The zero-order chi connectivity index (χ0) is 14.7. The Labute approximate surface area is 125 Å².